The highest BCUT2D eigenvalue weighted by Gasteiger charge is 2.26. The van der Waals surface area contributed by atoms with Crippen molar-refractivity contribution < 1.29 is 22.9 Å². The van der Waals surface area contributed by atoms with E-state index in [0.717, 1.165) is 27.8 Å². The predicted molar refractivity (Wildman–Crippen MR) is 116 cm³/mol. The fourth-order valence-electron chi connectivity index (χ4n) is 3.08. The smallest absolute Gasteiger partial charge is 0.271 e. The fraction of sp³-hybridized carbons (Fsp3) is 0.350. The van der Waals surface area contributed by atoms with Crippen LogP contribution in [0.4, 0.5) is 17.1 Å². The summed E-state index contributed by atoms with van der Waals surface area (Å²) < 4.78 is 30.8. The molecule has 0 radical (unpaired) electrons. The molecule has 0 aliphatic carbocycles. The Morgan fingerprint density at radius 1 is 1.17 bits per heavy atom. The standard InChI is InChI=1S/C20H25N3O6S/c1-5-14-8-7-9-15(6-2)20(14)21-19(24)13-22(30(4,27)28)17-12-16(23(25)26)10-11-18(17)29-3/h7-12H,5-6,13H2,1-4H3,(H,21,24). The Bertz CT molecular complexity index is 1030. The van der Waals surface area contributed by atoms with E-state index in [1.54, 1.807) is 0 Å². The van der Waals surface area contributed by atoms with Gasteiger partial charge in [-0.1, -0.05) is 32.0 Å². The summed E-state index contributed by atoms with van der Waals surface area (Å²) in [5.41, 5.74) is 2.13. The maximum atomic E-state index is 12.8. The Morgan fingerprint density at radius 3 is 2.23 bits per heavy atom. The summed E-state index contributed by atoms with van der Waals surface area (Å²) in [6.07, 6.45) is 2.31. The molecule has 0 atom stereocenters. The number of carbonyl (C=O) groups excluding carboxylic acids is 1. The van der Waals surface area contributed by atoms with Gasteiger partial charge in [-0.2, -0.15) is 0 Å². The second-order valence-corrected chi connectivity index (χ2v) is 8.50. The molecule has 0 aromatic heterocycles. The summed E-state index contributed by atoms with van der Waals surface area (Å²) >= 11 is 0. The second-order valence-electron chi connectivity index (χ2n) is 6.59. The third-order valence-electron chi connectivity index (χ3n) is 4.59. The quantitative estimate of drug-likeness (QED) is 0.477. The molecule has 0 fully saturated rings. The number of aryl methyl sites for hydroxylation is 2. The van der Waals surface area contributed by atoms with Crippen molar-refractivity contribution in [3.05, 3.63) is 57.6 Å². The van der Waals surface area contributed by atoms with Crippen LogP contribution >= 0.6 is 0 Å². The molecule has 30 heavy (non-hydrogen) atoms. The van der Waals surface area contributed by atoms with E-state index in [4.69, 9.17) is 4.74 Å². The largest absolute Gasteiger partial charge is 0.495 e. The number of hydrogen-bond donors (Lipinski definition) is 1. The van der Waals surface area contributed by atoms with Gasteiger partial charge in [-0.15, -0.1) is 0 Å². The van der Waals surface area contributed by atoms with E-state index in [9.17, 15) is 23.3 Å². The number of carbonyl (C=O) groups is 1. The second kappa shape index (κ2) is 9.57. The zero-order valence-electron chi connectivity index (χ0n) is 17.3. The first-order valence-electron chi connectivity index (χ1n) is 9.33. The van der Waals surface area contributed by atoms with Crippen LogP contribution in [-0.4, -0.2) is 39.2 Å². The monoisotopic (exact) mass is 435 g/mol. The maximum Gasteiger partial charge on any atom is 0.271 e. The first-order chi connectivity index (χ1) is 14.1. The summed E-state index contributed by atoms with van der Waals surface area (Å²) in [5, 5.41) is 14.0. The number of hydrogen-bond acceptors (Lipinski definition) is 6. The normalized spacial score (nSPS) is 11.1. The van der Waals surface area contributed by atoms with Crippen molar-refractivity contribution in [2.24, 2.45) is 0 Å². The van der Waals surface area contributed by atoms with Crippen molar-refractivity contribution in [1.29, 1.82) is 0 Å². The average Bonchev–Trinajstić information content (AvgIpc) is 2.70. The van der Waals surface area contributed by atoms with Crippen LogP contribution in [0.5, 0.6) is 5.75 Å². The number of ether oxygens (including phenoxy) is 1. The Kier molecular flexibility index (Phi) is 7.38. The number of para-hydroxylation sites is 1. The number of sulfonamides is 1. The highest BCUT2D eigenvalue weighted by Crippen LogP contribution is 2.33. The third kappa shape index (κ3) is 5.26. The SMILES string of the molecule is CCc1cccc(CC)c1NC(=O)CN(c1cc([N+](=O)[O-])ccc1OC)S(C)(=O)=O. The molecule has 0 bridgehead atoms. The van der Waals surface area contributed by atoms with Gasteiger partial charge >= 0.3 is 0 Å². The van der Waals surface area contributed by atoms with Gasteiger partial charge in [-0.25, -0.2) is 8.42 Å². The number of benzene rings is 2. The van der Waals surface area contributed by atoms with Crippen molar-refractivity contribution in [2.45, 2.75) is 26.7 Å². The van der Waals surface area contributed by atoms with Crippen LogP contribution in [0.3, 0.4) is 0 Å². The van der Waals surface area contributed by atoms with Crippen molar-refractivity contribution in [3.8, 4) is 5.75 Å². The van der Waals surface area contributed by atoms with Gasteiger partial charge in [0.25, 0.3) is 5.69 Å². The van der Waals surface area contributed by atoms with Gasteiger partial charge in [-0.05, 0) is 30.0 Å². The average molecular weight is 436 g/mol. The zero-order chi connectivity index (χ0) is 22.5. The van der Waals surface area contributed by atoms with Crippen LogP contribution < -0.4 is 14.4 Å². The molecular formula is C20H25N3O6S. The van der Waals surface area contributed by atoms with Crippen LogP contribution in [0.2, 0.25) is 0 Å². The molecule has 0 unspecified atom stereocenters. The van der Waals surface area contributed by atoms with Crippen LogP contribution in [0.15, 0.2) is 36.4 Å². The summed E-state index contributed by atoms with van der Waals surface area (Å²) in [6.45, 7) is 3.36. The predicted octanol–water partition coefficient (Wildman–Crippen LogP) is 3.13. The number of methoxy groups -OCH3 is 1. The molecule has 0 spiro atoms. The lowest BCUT2D eigenvalue weighted by Crippen LogP contribution is -2.38. The molecule has 162 valence electrons. The molecule has 0 aliphatic heterocycles. The number of nitrogens with zero attached hydrogens (tertiary/aromatic N) is 2. The summed E-state index contributed by atoms with van der Waals surface area (Å²) in [4.78, 5) is 23.3. The van der Waals surface area contributed by atoms with Gasteiger partial charge in [0, 0.05) is 17.8 Å². The summed E-state index contributed by atoms with van der Waals surface area (Å²) in [7, 11) is -2.63. The Hall–Kier alpha value is -3.14. The van der Waals surface area contributed by atoms with Gasteiger partial charge in [-0.3, -0.25) is 19.2 Å². The van der Waals surface area contributed by atoms with Gasteiger partial charge in [0.05, 0.1) is 18.3 Å². The maximum absolute atomic E-state index is 12.8. The fourth-order valence-corrected chi connectivity index (χ4v) is 3.93. The molecule has 1 N–H and O–H groups in total. The highest BCUT2D eigenvalue weighted by molar-refractivity contribution is 7.92. The van der Waals surface area contributed by atoms with Crippen molar-refractivity contribution >= 4 is 33.0 Å². The molecule has 0 heterocycles. The minimum absolute atomic E-state index is 0.0798. The number of amides is 1. The Morgan fingerprint density at radius 2 is 1.77 bits per heavy atom. The van der Waals surface area contributed by atoms with Gasteiger partial charge in [0.15, 0.2) is 0 Å². The molecule has 1 amide bonds. The Balaban J connectivity index is 2.44. The molecule has 2 aromatic rings. The molecule has 0 saturated carbocycles. The van der Waals surface area contributed by atoms with E-state index in [1.807, 2.05) is 32.0 Å². The van der Waals surface area contributed by atoms with Gasteiger partial charge < -0.3 is 10.1 Å². The lowest BCUT2D eigenvalue weighted by atomic mass is 10.0. The first-order valence-corrected chi connectivity index (χ1v) is 11.2. The lowest BCUT2D eigenvalue weighted by Gasteiger charge is -2.24. The van der Waals surface area contributed by atoms with Gasteiger partial charge in [0.1, 0.15) is 18.0 Å². The molecule has 0 saturated heterocycles. The Labute approximate surface area is 175 Å². The van der Waals surface area contributed by atoms with Crippen LogP contribution in [0, 0.1) is 10.1 Å². The topological polar surface area (TPSA) is 119 Å². The number of nitro groups is 1. The van der Waals surface area contributed by atoms with E-state index in [2.05, 4.69) is 5.32 Å². The minimum atomic E-state index is -3.94. The number of nitrogens with one attached hydrogen (secondary N) is 1. The number of nitro benzene ring substituents is 1. The molecule has 10 heteroatoms. The summed E-state index contributed by atoms with van der Waals surface area (Å²) in [6, 6.07) is 9.27. The molecule has 9 nitrogen and oxygen atoms in total. The van der Waals surface area contributed by atoms with Crippen molar-refractivity contribution in [1.82, 2.24) is 0 Å². The lowest BCUT2D eigenvalue weighted by molar-refractivity contribution is -0.384. The van der Waals surface area contributed by atoms with E-state index < -0.39 is 27.4 Å². The molecular weight excluding hydrogens is 410 g/mol. The van der Waals surface area contributed by atoms with Crippen LogP contribution in [0.1, 0.15) is 25.0 Å². The highest BCUT2D eigenvalue weighted by atomic mass is 32.2. The van der Waals surface area contributed by atoms with Crippen molar-refractivity contribution in [3.63, 3.8) is 0 Å². The first kappa shape index (κ1) is 23.1. The zero-order valence-corrected chi connectivity index (χ0v) is 18.2. The summed E-state index contributed by atoms with van der Waals surface area (Å²) in [5.74, 6) is -0.466. The van der Waals surface area contributed by atoms with Crippen LogP contribution in [-0.2, 0) is 27.7 Å². The van der Waals surface area contributed by atoms with Crippen molar-refractivity contribution in [2.75, 3.05) is 29.5 Å². The molecule has 2 rings (SSSR count). The third-order valence-corrected chi connectivity index (χ3v) is 5.72. The molecule has 0 aliphatic rings. The van der Waals surface area contributed by atoms with Gasteiger partial charge in [0.2, 0.25) is 15.9 Å². The van der Waals surface area contributed by atoms with E-state index in [-0.39, 0.29) is 17.1 Å². The van der Waals surface area contributed by atoms with E-state index >= 15 is 0 Å². The molecule has 2 aromatic carbocycles. The minimum Gasteiger partial charge on any atom is -0.495 e. The van der Waals surface area contributed by atoms with E-state index in [1.165, 1.54) is 19.2 Å². The number of rotatable bonds is 9. The number of non-ortho nitro benzene ring substituents is 1. The van der Waals surface area contributed by atoms with E-state index in [0.29, 0.717) is 18.5 Å². The number of anilines is 2. The van der Waals surface area contributed by atoms with Crippen LogP contribution in [0.25, 0.3) is 0 Å².